The minimum atomic E-state index is 0.720. The van der Waals surface area contributed by atoms with Crippen LogP contribution in [0.5, 0.6) is 0 Å². The molecular weight excluding hydrogens is 627 g/mol. The fourth-order valence-electron chi connectivity index (χ4n) is 7.30. The molecule has 7 aromatic carbocycles. The van der Waals surface area contributed by atoms with E-state index in [9.17, 15) is 0 Å². The maximum absolute atomic E-state index is 5.11. The molecule has 3 heterocycles. The molecule has 3 aromatic heterocycles. The fourth-order valence-corrected chi connectivity index (χ4v) is 8.70. The van der Waals surface area contributed by atoms with Crippen LogP contribution in [0, 0.1) is 0 Å². The van der Waals surface area contributed by atoms with Crippen LogP contribution in [0.25, 0.3) is 92.7 Å². The lowest BCUT2D eigenvalue weighted by molar-refractivity contribution is 1.18. The second-order valence-corrected chi connectivity index (χ2v) is 13.6. The Morgan fingerprint density at radius 2 is 1.00 bits per heavy atom. The molecule has 0 bridgehead atoms. The average Bonchev–Trinajstić information content (AvgIpc) is 3.75. The number of nitrogens with zero attached hydrogens (tertiary/aromatic N) is 3. The van der Waals surface area contributed by atoms with Crippen molar-refractivity contribution in [1.29, 1.82) is 0 Å². The fraction of sp³-hybridized carbons (Fsp3) is 0. The van der Waals surface area contributed by atoms with Crippen molar-refractivity contribution in [3.8, 4) is 50.7 Å². The van der Waals surface area contributed by atoms with Crippen molar-refractivity contribution in [3.05, 3.63) is 176 Å². The number of rotatable bonds is 5. The normalized spacial score (nSPS) is 11.6. The molecule has 0 unspecified atom stereocenters. The first kappa shape index (κ1) is 28.6. The van der Waals surface area contributed by atoms with Gasteiger partial charge >= 0.3 is 0 Å². The minimum Gasteiger partial charge on any atom is -0.309 e. The van der Waals surface area contributed by atoms with Crippen LogP contribution < -0.4 is 0 Å². The van der Waals surface area contributed by atoms with E-state index >= 15 is 0 Å². The summed E-state index contributed by atoms with van der Waals surface area (Å²) in [5, 5.41) is 5.17. The van der Waals surface area contributed by atoms with Crippen molar-refractivity contribution in [2.75, 3.05) is 0 Å². The Labute approximate surface area is 293 Å². The lowest BCUT2D eigenvalue weighted by Crippen LogP contribution is -1.96. The molecule has 0 saturated heterocycles. The first-order valence-electron chi connectivity index (χ1n) is 16.8. The summed E-state index contributed by atoms with van der Waals surface area (Å²) in [6.45, 7) is 0. The van der Waals surface area contributed by atoms with Crippen molar-refractivity contribution >= 4 is 53.3 Å². The van der Waals surface area contributed by atoms with Gasteiger partial charge in [0.2, 0.25) is 0 Å². The molecule has 3 nitrogen and oxygen atoms in total. The van der Waals surface area contributed by atoms with Crippen LogP contribution in [0.3, 0.4) is 0 Å². The minimum absolute atomic E-state index is 0.720. The highest BCUT2D eigenvalue weighted by Gasteiger charge is 2.19. The molecular formula is C46H29N3S. The van der Waals surface area contributed by atoms with Gasteiger partial charge in [-0.25, -0.2) is 9.97 Å². The van der Waals surface area contributed by atoms with Crippen molar-refractivity contribution in [3.63, 3.8) is 0 Å². The monoisotopic (exact) mass is 655 g/mol. The summed E-state index contributed by atoms with van der Waals surface area (Å²) in [7, 11) is 0. The molecule has 234 valence electrons. The maximum Gasteiger partial charge on any atom is 0.160 e. The van der Waals surface area contributed by atoms with E-state index in [1.165, 1.54) is 58.8 Å². The molecule has 0 atom stereocenters. The summed E-state index contributed by atoms with van der Waals surface area (Å²) in [5.41, 5.74) is 11.0. The summed E-state index contributed by atoms with van der Waals surface area (Å²) in [4.78, 5) is 10.1. The van der Waals surface area contributed by atoms with Gasteiger partial charge in [-0.3, -0.25) is 0 Å². The molecule has 50 heavy (non-hydrogen) atoms. The van der Waals surface area contributed by atoms with Crippen LogP contribution in [0.15, 0.2) is 176 Å². The van der Waals surface area contributed by atoms with E-state index in [1.807, 2.05) is 35.6 Å². The molecule has 10 aromatic rings. The molecule has 0 aliphatic carbocycles. The molecule has 0 radical (unpaired) electrons. The quantitative estimate of drug-likeness (QED) is 0.185. The van der Waals surface area contributed by atoms with Gasteiger partial charge in [-0.05, 0) is 47.5 Å². The van der Waals surface area contributed by atoms with Crippen LogP contribution >= 0.6 is 11.3 Å². The van der Waals surface area contributed by atoms with Crippen LogP contribution in [-0.4, -0.2) is 14.5 Å². The number of hydrogen-bond acceptors (Lipinski definition) is 3. The first-order chi connectivity index (χ1) is 24.8. The standard InChI is InChI=1S/C46H29N3S/c1-4-14-30(15-5-1)39-29-40(48-46(47-39)31-16-6-2-7-17-31)33-19-12-18-32(28-33)35-23-13-24-36-37-26-27-42-43(45(37)50-44(35)36)38-22-10-11-25-41(38)49(42)34-20-8-3-9-21-34/h1-29H. The summed E-state index contributed by atoms with van der Waals surface area (Å²) >= 11 is 1.90. The largest absolute Gasteiger partial charge is 0.309 e. The van der Waals surface area contributed by atoms with E-state index in [4.69, 9.17) is 9.97 Å². The van der Waals surface area contributed by atoms with Gasteiger partial charge < -0.3 is 4.57 Å². The number of thiophene rings is 1. The smallest absolute Gasteiger partial charge is 0.160 e. The Kier molecular flexibility index (Phi) is 6.68. The highest BCUT2D eigenvalue weighted by Crippen LogP contribution is 2.46. The predicted molar refractivity (Wildman–Crippen MR) is 211 cm³/mol. The van der Waals surface area contributed by atoms with Crippen LogP contribution in [-0.2, 0) is 0 Å². The van der Waals surface area contributed by atoms with E-state index in [-0.39, 0.29) is 0 Å². The van der Waals surface area contributed by atoms with Crippen molar-refractivity contribution in [2.24, 2.45) is 0 Å². The molecule has 0 aliphatic heterocycles. The highest BCUT2D eigenvalue weighted by molar-refractivity contribution is 7.27. The highest BCUT2D eigenvalue weighted by atomic mass is 32.1. The third-order valence-electron chi connectivity index (χ3n) is 9.61. The summed E-state index contributed by atoms with van der Waals surface area (Å²) < 4.78 is 5.01. The van der Waals surface area contributed by atoms with Gasteiger partial charge in [0.25, 0.3) is 0 Å². The van der Waals surface area contributed by atoms with Gasteiger partial charge in [0.15, 0.2) is 5.82 Å². The summed E-state index contributed by atoms with van der Waals surface area (Å²) in [6.07, 6.45) is 0. The van der Waals surface area contributed by atoms with Gasteiger partial charge in [-0.2, -0.15) is 0 Å². The lowest BCUT2D eigenvalue weighted by Gasteiger charge is -2.11. The molecule has 0 saturated carbocycles. The second-order valence-electron chi connectivity index (χ2n) is 12.6. The third-order valence-corrected chi connectivity index (χ3v) is 10.9. The van der Waals surface area contributed by atoms with Crippen molar-refractivity contribution < 1.29 is 0 Å². The van der Waals surface area contributed by atoms with E-state index < -0.39 is 0 Å². The average molecular weight is 656 g/mol. The topological polar surface area (TPSA) is 30.7 Å². The van der Waals surface area contributed by atoms with Gasteiger partial charge in [0.05, 0.1) is 22.4 Å². The third kappa shape index (κ3) is 4.65. The zero-order valence-electron chi connectivity index (χ0n) is 27.0. The Hall–Kier alpha value is -6.36. The van der Waals surface area contributed by atoms with E-state index in [0.29, 0.717) is 0 Å². The SMILES string of the molecule is c1ccc(-c2cc(-c3cccc(-c4cccc5c4sc4c5ccc5c4c4ccccc4n5-c4ccccc4)c3)nc(-c3ccccc3)n2)cc1. The van der Waals surface area contributed by atoms with Gasteiger partial charge in [0, 0.05) is 53.3 Å². The number of para-hydroxylation sites is 2. The molecule has 0 amide bonds. The first-order valence-corrected chi connectivity index (χ1v) is 17.7. The number of hydrogen-bond donors (Lipinski definition) is 0. The Morgan fingerprint density at radius 3 is 1.80 bits per heavy atom. The predicted octanol–water partition coefficient (Wildman–Crippen LogP) is 12.6. The Bertz CT molecular complexity index is 2800. The van der Waals surface area contributed by atoms with Crippen LogP contribution in [0.2, 0.25) is 0 Å². The number of fused-ring (bicyclic) bond motifs is 7. The van der Waals surface area contributed by atoms with Crippen molar-refractivity contribution in [2.45, 2.75) is 0 Å². The number of aromatic nitrogens is 3. The maximum atomic E-state index is 5.11. The van der Waals surface area contributed by atoms with E-state index in [1.54, 1.807) is 0 Å². The molecule has 10 rings (SSSR count). The van der Waals surface area contributed by atoms with Gasteiger partial charge in [-0.15, -0.1) is 11.3 Å². The molecule has 0 spiro atoms. The molecule has 0 N–H and O–H groups in total. The van der Waals surface area contributed by atoms with Crippen LogP contribution in [0.4, 0.5) is 0 Å². The van der Waals surface area contributed by atoms with Gasteiger partial charge in [-0.1, -0.05) is 140 Å². The zero-order valence-corrected chi connectivity index (χ0v) is 27.8. The lowest BCUT2D eigenvalue weighted by atomic mass is 9.99. The van der Waals surface area contributed by atoms with Crippen molar-refractivity contribution in [1.82, 2.24) is 14.5 Å². The Balaban J connectivity index is 1.16. The summed E-state index contributed by atoms with van der Waals surface area (Å²) in [6, 6.07) is 62.3. The second kappa shape index (κ2) is 11.7. The van der Waals surface area contributed by atoms with E-state index in [2.05, 4.69) is 156 Å². The molecule has 0 aliphatic rings. The number of benzene rings is 7. The molecule has 4 heteroatoms. The van der Waals surface area contributed by atoms with E-state index in [0.717, 1.165) is 33.9 Å². The Morgan fingerprint density at radius 1 is 0.400 bits per heavy atom. The summed E-state index contributed by atoms with van der Waals surface area (Å²) in [5.74, 6) is 0.720. The van der Waals surface area contributed by atoms with Gasteiger partial charge in [0.1, 0.15) is 0 Å². The molecule has 0 fully saturated rings. The zero-order chi connectivity index (χ0) is 33.0. The van der Waals surface area contributed by atoms with Crippen LogP contribution in [0.1, 0.15) is 0 Å².